The Kier molecular flexibility index (Phi) is 3.48. The molecule has 0 aromatic heterocycles. The summed E-state index contributed by atoms with van der Waals surface area (Å²) >= 11 is 0. The van der Waals surface area contributed by atoms with Gasteiger partial charge in [0.25, 0.3) is 0 Å². The minimum absolute atomic E-state index is 0.639. The largest absolute Gasteiger partial charge is 0.399 e. The van der Waals surface area contributed by atoms with Crippen molar-refractivity contribution in [3.8, 4) is 11.1 Å². The fourth-order valence-corrected chi connectivity index (χ4v) is 2.26. The highest BCUT2D eigenvalue weighted by Crippen LogP contribution is 2.28. The third kappa shape index (κ3) is 2.98. The van der Waals surface area contributed by atoms with Crippen LogP contribution < -0.4 is 16.8 Å². The lowest BCUT2D eigenvalue weighted by atomic mass is 10.1. The van der Waals surface area contributed by atoms with Crippen molar-refractivity contribution in [2.24, 2.45) is 0 Å². The van der Waals surface area contributed by atoms with Gasteiger partial charge in [0.1, 0.15) is 0 Å². The summed E-state index contributed by atoms with van der Waals surface area (Å²) in [5, 5.41) is 3.33. The van der Waals surface area contributed by atoms with Crippen LogP contribution >= 0.6 is 0 Å². The lowest BCUT2D eigenvalue weighted by Gasteiger charge is -2.11. The van der Waals surface area contributed by atoms with Gasteiger partial charge in [-0.25, -0.2) is 0 Å². The molecule has 0 aliphatic rings. The zero-order valence-electron chi connectivity index (χ0n) is 11.6. The van der Waals surface area contributed by atoms with E-state index in [1.165, 1.54) is 5.56 Å². The van der Waals surface area contributed by atoms with Gasteiger partial charge in [-0.2, -0.15) is 0 Å². The molecule has 3 rings (SSSR count). The zero-order chi connectivity index (χ0) is 14.7. The Morgan fingerprint density at radius 1 is 0.667 bits per heavy atom. The molecule has 0 radical (unpaired) electrons. The van der Waals surface area contributed by atoms with Crippen LogP contribution in [0, 0.1) is 0 Å². The summed E-state index contributed by atoms with van der Waals surface area (Å²) in [6.07, 6.45) is 0. The van der Waals surface area contributed by atoms with Crippen molar-refractivity contribution in [3.63, 3.8) is 0 Å². The topological polar surface area (TPSA) is 64.1 Å². The molecule has 104 valence electrons. The molecule has 0 saturated heterocycles. The number of nitrogens with one attached hydrogen (secondary N) is 1. The normalized spacial score (nSPS) is 10.3. The zero-order valence-corrected chi connectivity index (χ0v) is 11.6. The van der Waals surface area contributed by atoms with Crippen LogP contribution in [0.15, 0.2) is 72.8 Å². The number of benzene rings is 3. The number of nitrogens with two attached hydrogens (primary N) is 2. The van der Waals surface area contributed by atoms with Crippen molar-refractivity contribution in [3.05, 3.63) is 72.8 Å². The predicted octanol–water partition coefficient (Wildman–Crippen LogP) is 4.26. The Morgan fingerprint density at radius 2 is 1.43 bits per heavy atom. The highest BCUT2D eigenvalue weighted by Gasteiger charge is 2.02. The molecule has 0 aliphatic heterocycles. The molecule has 0 saturated carbocycles. The van der Waals surface area contributed by atoms with E-state index in [2.05, 4.69) is 29.6 Å². The third-order valence-corrected chi connectivity index (χ3v) is 3.32. The van der Waals surface area contributed by atoms with E-state index in [0.717, 1.165) is 16.9 Å². The Hall–Kier alpha value is -2.94. The second kappa shape index (κ2) is 5.59. The van der Waals surface area contributed by atoms with Crippen LogP contribution in [0.5, 0.6) is 0 Å². The Labute approximate surface area is 124 Å². The standard InChI is InChI=1S/C18H17N3/c19-15-9-10-18(17(20)12-15)21-16-8-4-7-14(11-16)13-5-2-1-3-6-13/h1-12,21H,19-20H2. The molecule has 0 bridgehead atoms. The van der Waals surface area contributed by atoms with E-state index in [9.17, 15) is 0 Å². The summed E-state index contributed by atoms with van der Waals surface area (Å²) in [5.74, 6) is 0. The average molecular weight is 275 g/mol. The van der Waals surface area contributed by atoms with Crippen molar-refractivity contribution < 1.29 is 0 Å². The number of rotatable bonds is 3. The molecular formula is C18H17N3. The number of nitrogen functional groups attached to an aromatic ring is 2. The highest BCUT2D eigenvalue weighted by molar-refractivity contribution is 5.77. The van der Waals surface area contributed by atoms with Gasteiger partial charge in [-0.1, -0.05) is 42.5 Å². The van der Waals surface area contributed by atoms with Crippen LogP contribution in [-0.4, -0.2) is 0 Å². The lowest BCUT2D eigenvalue weighted by Crippen LogP contribution is -1.97. The van der Waals surface area contributed by atoms with Crippen LogP contribution in [0.4, 0.5) is 22.7 Å². The molecule has 3 aromatic carbocycles. The molecule has 0 heterocycles. The fraction of sp³-hybridized carbons (Fsp3) is 0. The number of hydrogen-bond acceptors (Lipinski definition) is 3. The molecule has 0 unspecified atom stereocenters. The molecular weight excluding hydrogens is 258 g/mol. The molecule has 21 heavy (non-hydrogen) atoms. The fourth-order valence-electron chi connectivity index (χ4n) is 2.26. The molecule has 3 nitrogen and oxygen atoms in total. The van der Waals surface area contributed by atoms with Gasteiger partial charge in [-0.3, -0.25) is 0 Å². The third-order valence-electron chi connectivity index (χ3n) is 3.32. The average Bonchev–Trinajstić information content (AvgIpc) is 2.51. The van der Waals surface area contributed by atoms with Crippen molar-refractivity contribution in [2.45, 2.75) is 0 Å². The van der Waals surface area contributed by atoms with E-state index < -0.39 is 0 Å². The maximum absolute atomic E-state index is 5.98. The second-order valence-electron chi connectivity index (χ2n) is 4.92. The van der Waals surface area contributed by atoms with Gasteiger partial charge in [-0.05, 0) is 41.5 Å². The van der Waals surface area contributed by atoms with Crippen molar-refractivity contribution >= 4 is 22.7 Å². The van der Waals surface area contributed by atoms with Gasteiger partial charge in [0.05, 0.1) is 11.4 Å². The molecule has 0 atom stereocenters. The summed E-state index contributed by atoms with van der Waals surface area (Å²) in [6, 6.07) is 24.0. The van der Waals surface area contributed by atoms with Crippen molar-refractivity contribution in [1.82, 2.24) is 0 Å². The molecule has 5 N–H and O–H groups in total. The van der Waals surface area contributed by atoms with Gasteiger partial charge in [0.15, 0.2) is 0 Å². The van der Waals surface area contributed by atoms with Crippen LogP contribution in [-0.2, 0) is 0 Å². The van der Waals surface area contributed by atoms with Gasteiger partial charge in [0.2, 0.25) is 0 Å². The maximum Gasteiger partial charge on any atom is 0.0619 e. The highest BCUT2D eigenvalue weighted by atomic mass is 14.9. The maximum atomic E-state index is 5.98. The van der Waals surface area contributed by atoms with E-state index in [1.54, 1.807) is 6.07 Å². The molecule has 3 aromatic rings. The van der Waals surface area contributed by atoms with E-state index in [-0.39, 0.29) is 0 Å². The van der Waals surface area contributed by atoms with Gasteiger partial charge in [0, 0.05) is 11.4 Å². The summed E-state index contributed by atoms with van der Waals surface area (Å²) in [6.45, 7) is 0. The molecule has 0 aliphatic carbocycles. The summed E-state index contributed by atoms with van der Waals surface area (Å²) < 4.78 is 0. The first kappa shape index (κ1) is 13.1. The van der Waals surface area contributed by atoms with E-state index in [1.807, 2.05) is 42.5 Å². The van der Waals surface area contributed by atoms with Crippen LogP contribution in [0.1, 0.15) is 0 Å². The monoisotopic (exact) mass is 275 g/mol. The van der Waals surface area contributed by atoms with Gasteiger partial charge >= 0.3 is 0 Å². The van der Waals surface area contributed by atoms with Crippen molar-refractivity contribution in [2.75, 3.05) is 16.8 Å². The molecule has 0 fully saturated rings. The first-order valence-electron chi connectivity index (χ1n) is 6.80. The van der Waals surface area contributed by atoms with Gasteiger partial charge < -0.3 is 16.8 Å². The quantitative estimate of drug-likeness (QED) is 0.626. The van der Waals surface area contributed by atoms with Crippen LogP contribution in [0.25, 0.3) is 11.1 Å². The van der Waals surface area contributed by atoms with Crippen molar-refractivity contribution in [1.29, 1.82) is 0 Å². The van der Waals surface area contributed by atoms with E-state index in [0.29, 0.717) is 11.4 Å². The van der Waals surface area contributed by atoms with E-state index >= 15 is 0 Å². The summed E-state index contributed by atoms with van der Waals surface area (Å²) in [7, 11) is 0. The lowest BCUT2D eigenvalue weighted by molar-refractivity contribution is 1.53. The first-order chi connectivity index (χ1) is 10.2. The smallest absolute Gasteiger partial charge is 0.0619 e. The van der Waals surface area contributed by atoms with E-state index in [4.69, 9.17) is 11.5 Å². The first-order valence-corrected chi connectivity index (χ1v) is 6.80. The SMILES string of the molecule is Nc1ccc(Nc2cccc(-c3ccccc3)c2)c(N)c1. The number of anilines is 4. The predicted molar refractivity (Wildman–Crippen MR) is 90.4 cm³/mol. The van der Waals surface area contributed by atoms with Crippen LogP contribution in [0.3, 0.4) is 0 Å². The summed E-state index contributed by atoms with van der Waals surface area (Å²) in [4.78, 5) is 0. The minimum Gasteiger partial charge on any atom is -0.399 e. The Morgan fingerprint density at radius 3 is 2.19 bits per heavy atom. The Bertz CT molecular complexity index is 751. The molecule has 3 heteroatoms. The minimum atomic E-state index is 0.639. The van der Waals surface area contributed by atoms with Crippen LogP contribution in [0.2, 0.25) is 0 Å². The summed E-state index contributed by atoms with van der Waals surface area (Å²) in [5.41, 5.74) is 17.2. The molecule has 0 amide bonds. The Balaban J connectivity index is 1.90. The van der Waals surface area contributed by atoms with Gasteiger partial charge in [-0.15, -0.1) is 0 Å². The second-order valence-corrected chi connectivity index (χ2v) is 4.92. The molecule has 0 spiro atoms. The number of hydrogen-bond donors (Lipinski definition) is 3.